The van der Waals surface area contributed by atoms with E-state index in [0.29, 0.717) is 12.0 Å². The summed E-state index contributed by atoms with van der Waals surface area (Å²) >= 11 is 0. The maximum atomic E-state index is 12.1. The second-order valence-corrected chi connectivity index (χ2v) is 18.8. The molecule has 1 atom stereocenters. The molecule has 0 spiro atoms. The van der Waals surface area contributed by atoms with Crippen LogP contribution in [0.3, 0.4) is 0 Å². The normalized spacial score (nSPS) is 12.2. The number of halogens is 3. The molecule has 0 radical (unpaired) electrons. The summed E-state index contributed by atoms with van der Waals surface area (Å²) in [5.74, 6) is 0.629. The minimum absolute atomic E-state index is 0. The number of hydrogen-bond acceptors (Lipinski definition) is 10. The van der Waals surface area contributed by atoms with E-state index >= 15 is 0 Å². The Morgan fingerprint density at radius 2 is 1.36 bits per heavy atom. The van der Waals surface area contributed by atoms with Crippen molar-refractivity contribution in [2.45, 2.75) is 87.8 Å². The molecule has 0 fully saturated rings. The predicted octanol–water partition coefficient (Wildman–Crippen LogP) is 11.4. The van der Waals surface area contributed by atoms with Gasteiger partial charge in [0.1, 0.15) is 48.4 Å². The fraction of sp³-hybridized carbons (Fsp3) is 0.328. The van der Waals surface area contributed by atoms with Crippen molar-refractivity contribution in [3.05, 3.63) is 142 Å². The number of nitrogens with zero attached hydrogens (tertiary/aromatic N) is 2. The molecule has 4 N–H and O–H groups in total. The average Bonchev–Trinajstić information content (AvgIpc) is 3.37. The molecule has 75 heavy (non-hydrogen) atoms. The Labute approximate surface area is 436 Å². The predicted molar refractivity (Wildman–Crippen MR) is 291 cm³/mol. The van der Waals surface area contributed by atoms with Crippen molar-refractivity contribution in [1.29, 1.82) is 0 Å². The maximum absolute atomic E-state index is 12.1. The van der Waals surface area contributed by atoms with E-state index < -0.39 is 27.7 Å². The van der Waals surface area contributed by atoms with E-state index in [2.05, 4.69) is 142 Å². The van der Waals surface area contributed by atoms with E-state index in [1.165, 1.54) is 0 Å². The number of fused-ring (bicyclic) bond motifs is 4. The van der Waals surface area contributed by atoms with Crippen LogP contribution in [0.1, 0.15) is 95.5 Å². The highest BCUT2D eigenvalue weighted by Gasteiger charge is 2.37. The lowest BCUT2D eigenvalue weighted by Gasteiger charge is -2.22. The Kier molecular flexibility index (Phi) is 20.0. The zero-order chi connectivity index (χ0) is 54.1. The summed E-state index contributed by atoms with van der Waals surface area (Å²) in [4.78, 5) is 22.7. The smallest absolute Gasteiger partial charge is 0.485 e. The van der Waals surface area contributed by atoms with Gasteiger partial charge in [0, 0.05) is 87.8 Å². The Bertz CT molecular complexity index is 3460. The van der Waals surface area contributed by atoms with Crippen LogP contribution in [0.2, 0.25) is 0 Å². The van der Waals surface area contributed by atoms with E-state index in [9.17, 15) is 28.3 Å². The van der Waals surface area contributed by atoms with Gasteiger partial charge in [0.25, 0.3) is 0 Å². The van der Waals surface area contributed by atoms with Gasteiger partial charge in [0.15, 0.2) is 10.1 Å². The lowest BCUT2D eigenvalue weighted by atomic mass is 9.87. The van der Waals surface area contributed by atoms with Gasteiger partial charge in [-0.15, -0.1) is 0 Å². The highest BCUT2D eigenvalue weighted by atomic mass is 32.2. The van der Waals surface area contributed by atoms with E-state index in [1.54, 1.807) is 12.1 Å². The van der Waals surface area contributed by atoms with Gasteiger partial charge in [-0.3, -0.25) is 5.26 Å². The summed E-state index contributed by atoms with van der Waals surface area (Å²) in [5, 5.41) is 27.1. The molecule has 2 aliphatic heterocycles. The summed E-state index contributed by atoms with van der Waals surface area (Å²) in [6, 6.07) is 36.3. The number of benzene rings is 6. The first-order valence-electron chi connectivity index (χ1n) is 24.7. The van der Waals surface area contributed by atoms with E-state index in [1.807, 2.05) is 37.3 Å². The third-order valence-electron chi connectivity index (χ3n) is 12.9. The molecule has 0 saturated carbocycles. The molecule has 17 heteroatoms. The third kappa shape index (κ3) is 12.9. The van der Waals surface area contributed by atoms with Gasteiger partial charge in [0.05, 0.1) is 17.7 Å². The van der Waals surface area contributed by atoms with E-state index in [0.717, 1.165) is 139 Å². The van der Waals surface area contributed by atoms with Crippen LogP contribution in [0.5, 0.6) is 0 Å². The van der Waals surface area contributed by atoms with E-state index in [-0.39, 0.29) is 13.0 Å². The van der Waals surface area contributed by atoms with Gasteiger partial charge in [-0.2, -0.15) is 13.2 Å². The molecular formula is C58H68F3N4O9S+. The zero-order valence-corrected chi connectivity index (χ0v) is 43.9. The van der Waals surface area contributed by atoms with Gasteiger partial charge in [-0.1, -0.05) is 56.8 Å². The summed E-state index contributed by atoms with van der Waals surface area (Å²) in [6.07, 6.45) is 0.251. The molecule has 8 rings (SSSR count). The quantitative estimate of drug-likeness (QED) is 0.0203. The summed E-state index contributed by atoms with van der Waals surface area (Å²) in [5.41, 5.74) is 7.29. The molecule has 4 aromatic rings. The first kappa shape index (κ1) is 58.8. The summed E-state index contributed by atoms with van der Waals surface area (Å²) in [6.45, 7) is 24.2. The van der Waals surface area contributed by atoms with Gasteiger partial charge >= 0.3 is 11.5 Å². The number of aryl methyl sites for hydroxylation is 2. The largest absolute Gasteiger partial charge is 0.741 e. The number of rotatable bonds is 14. The fourth-order valence-electron chi connectivity index (χ4n) is 9.22. The second kappa shape index (κ2) is 25.5. The maximum Gasteiger partial charge on any atom is 0.485 e. The Morgan fingerprint density at radius 1 is 0.760 bits per heavy atom. The molecule has 400 valence electrons. The monoisotopic (exact) mass is 1050 g/mol. The van der Waals surface area contributed by atoms with Crippen molar-refractivity contribution in [1.82, 2.24) is 4.58 Å². The van der Waals surface area contributed by atoms with Gasteiger partial charge in [0.2, 0.25) is 10.7 Å². The van der Waals surface area contributed by atoms with Crippen molar-refractivity contribution in [3.63, 3.8) is 0 Å². The lowest BCUT2D eigenvalue weighted by Crippen LogP contribution is -2.76. The number of carbonyl (C=O) groups is 1. The minimum atomic E-state index is -6.09. The minimum Gasteiger partial charge on any atom is -0.741 e. The Hall–Kier alpha value is -7.05. The molecule has 2 heterocycles. The Balaban J connectivity index is 0.000000239. The molecule has 4 aromatic carbocycles. The number of carboxylic acid groups (broad SMARTS) is 1. The molecule has 4 aliphatic rings. The number of hydrogen-bond donors (Lipinski definition) is 4. The molecule has 0 bridgehead atoms. The van der Waals surface area contributed by atoms with Crippen LogP contribution < -0.4 is 30.5 Å². The van der Waals surface area contributed by atoms with Crippen molar-refractivity contribution in [3.8, 4) is 44.9 Å². The number of nitrogens with one attached hydrogen (secondary N) is 2. The molecule has 0 amide bonds. The molecule has 13 nitrogen and oxygen atoms in total. The van der Waals surface area contributed by atoms with Crippen LogP contribution in [0.4, 0.5) is 24.5 Å². The molecule has 2 aliphatic carbocycles. The van der Waals surface area contributed by atoms with Gasteiger partial charge in [-0.25, -0.2) is 27.7 Å². The highest BCUT2D eigenvalue weighted by Crippen LogP contribution is 2.45. The van der Waals surface area contributed by atoms with Gasteiger partial charge in [-0.05, 0) is 120 Å². The fourth-order valence-corrected chi connectivity index (χ4v) is 9.22. The van der Waals surface area contributed by atoms with E-state index in [4.69, 9.17) is 26.7 Å². The molecule has 0 aromatic heterocycles. The van der Waals surface area contributed by atoms with Gasteiger partial charge < -0.3 is 28.7 Å². The Morgan fingerprint density at radius 3 is 1.93 bits per heavy atom. The first-order valence-corrected chi connectivity index (χ1v) is 26.1. The van der Waals surface area contributed by atoms with Crippen LogP contribution in [0.25, 0.3) is 66.8 Å². The molecule has 1 unspecified atom stereocenters. The number of alkyl halides is 3. The van der Waals surface area contributed by atoms with Crippen molar-refractivity contribution >= 4 is 49.4 Å². The van der Waals surface area contributed by atoms with Crippen molar-refractivity contribution in [2.75, 3.05) is 49.5 Å². The molecule has 0 saturated heterocycles. The molecular weight excluding hydrogens is 986 g/mol. The average molecular weight is 1050 g/mol. The van der Waals surface area contributed by atoms with Crippen LogP contribution in [-0.2, 0) is 15.0 Å². The highest BCUT2D eigenvalue weighted by molar-refractivity contribution is 7.86. The standard InChI is InChI=1S/C28H32N2O3.C28H30N2O3.CHF3O3S.CH4/c1-6-25(33-31)19-11-9-10-12-20(19)28-21-13-17(4)23(29-7-2)15-26(21)32-27-16-24(30-8-3)18(5)14-22(27)28;1-5-29(6-2)19-13-15-23-25(17-19)33-26-18-20(30(7-3)8-4)14-16-24(26)27(23)21-11-9-10-12-22(21)28(31)32;2-1(3,4)8(5,6)7;/h9-16,25,29,31H,6-8H2,1-5H3;9-18H,5-8H2,1-4H3;(H,5,6,7);1H4/p+1. The number of aromatic carboxylic acids is 1. The number of carboxylic acids is 1. The lowest BCUT2D eigenvalue weighted by molar-refractivity contribution is -0.496. The number of anilines is 2. The zero-order valence-electron chi connectivity index (χ0n) is 43.1. The van der Waals surface area contributed by atoms with Crippen LogP contribution in [0.15, 0.2) is 118 Å². The summed E-state index contributed by atoms with van der Waals surface area (Å²) in [7, 11) is -6.09. The first-order chi connectivity index (χ1) is 35.3. The second-order valence-electron chi connectivity index (χ2n) is 17.4. The van der Waals surface area contributed by atoms with Crippen molar-refractivity contribution < 1.29 is 60.0 Å². The topological polar surface area (TPSA) is 182 Å². The SMILES string of the molecule is C.CCN(CC)c1ccc2c(-c3ccccc3C(=O)O)c3ccc(=[N+](CC)CC)cc-3oc2c1.CCNc1cc2oc3cc(=[NH+]CC)c(C)cc-3c(-c3ccccc3C(CC)OO)c2cc1C.O=S(=O)([O-])C(F)(F)F. The van der Waals surface area contributed by atoms with Crippen LogP contribution >= 0.6 is 0 Å². The summed E-state index contributed by atoms with van der Waals surface area (Å²) < 4.78 is 74.1. The van der Waals surface area contributed by atoms with Crippen LogP contribution in [0, 0.1) is 13.8 Å². The van der Waals surface area contributed by atoms with Crippen molar-refractivity contribution in [2.24, 2.45) is 0 Å². The van der Waals surface area contributed by atoms with Crippen LogP contribution in [-0.4, -0.2) is 74.1 Å². The third-order valence-corrected chi connectivity index (χ3v) is 13.4.